The largest absolute Gasteiger partial charge is 0.296 e. The molecule has 3 aromatic rings. The summed E-state index contributed by atoms with van der Waals surface area (Å²) in [7, 11) is 0. The van der Waals surface area contributed by atoms with E-state index < -0.39 is 0 Å². The molecule has 0 aliphatic rings. The van der Waals surface area contributed by atoms with E-state index >= 15 is 0 Å². The monoisotopic (exact) mass is 368 g/mol. The van der Waals surface area contributed by atoms with E-state index in [0.29, 0.717) is 10.7 Å². The zero-order chi connectivity index (χ0) is 14.1. The number of rotatable bonds is 3. The van der Waals surface area contributed by atoms with E-state index in [9.17, 15) is 4.79 Å². The SMILES string of the molecule is Cc1nnc2sc(SCc3ccccc3Br)nn2c1=O. The summed E-state index contributed by atoms with van der Waals surface area (Å²) in [4.78, 5) is 12.4. The van der Waals surface area contributed by atoms with Gasteiger partial charge in [-0.15, -0.1) is 15.3 Å². The van der Waals surface area contributed by atoms with Gasteiger partial charge in [-0.2, -0.15) is 4.52 Å². The van der Waals surface area contributed by atoms with Crippen molar-refractivity contribution in [3.8, 4) is 0 Å². The summed E-state index contributed by atoms with van der Waals surface area (Å²) in [5.41, 5.74) is 1.33. The second-order valence-electron chi connectivity index (χ2n) is 4.03. The molecule has 2 heterocycles. The fourth-order valence-corrected chi connectivity index (χ4v) is 4.08. The van der Waals surface area contributed by atoms with Crippen LogP contribution in [0.15, 0.2) is 37.9 Å². The lowest BCUT2D eigenvalue weighted by molar-refractivity contribution is 0.803. The Morgan fingerprint density at radius 1 is 1.35 bits per heavy atom. The first-order valence-corrected chi connectivity index (χ1v) is 8.34. The predicted octanol–water partition coefficient (Wildman–Crippen LogP) is 2.91. The Balaban J connectivity index is 1.87. The van der Waals surface area contributed by atoms with Crippen LogP contribution in [0.2, 0.25) is 0 Å². The van der Waals surface area contributed by atoms with Gasteiger partial charge in [0.25, 0.3) is 5.56 Å². The molecule has 0 aliphatic heterocycles. The summed E-state index contributed by atoms with van der Waals surface area (Å²) in [5.74, 6) is 0.780. The van der Waals surface area contributed by atoms with E-state index in [0.717, 1.165) is 14.6 Å². The molecular formula is C12H9BrN4OS2. The van der Waals surface area contributed by atoms with Crippen LogP contribution < -0.4 is 5.56 Å². The number of aromatic nitrogens is 4. The zero-order valence-corrected chi connectivity index (χ0v) is 13.6. The number of hydrogen-bond donors (Lipinski definition) is 0. The van der Waals surface area contributed by atoms with Crippen LogP contribution in [-0.4, -0.2) is 19.8 Å². The first-order chi connectivity index (χ1) is 9.65. The molecule has 2 aromatic heterocycles. The van der Waals surface area contributed by atoms with Crippen LogP contribution in [0.25, 0.3) is 4.96 Å². The Kier molecular flexibility index (Phi) is 3.86. The first-order valence-electron chi connectivity index (χ1n) is 5.74. The Labute approximate surface area is 131 Å². The minimum Gasteiger partial charge on any atom is -0.265 e. The van der Waals surface area contributed by atoms with E-state index in [1.165, 1.54) is 21.4 Å². The molecule has 20 heavy (non-hydrogen) atoms. The molecule has 3 rings (SSSR count). The highest BCUT2D eigenvalue weighted by molar-refractivity contribution is 9.10. The molecule has 0 amide bonds. The number of benzene rings is 1. The van der Waals surface area contributed by atoms with Gasteiger partial charge in [0.05, 0.1) is 0 Å². The topological polar surface area (TPSA) is 60.1 Å². The Morgan fingerprint density at radius 2 is 2.15 bits per heavy atom. The average Bonchev–Trinajstić information content (AvgIpc) is 2.86. The number of halogens is 1. The van der Waals surface area contributed by atoms with Gasteiger partial charge in [0.2, 0.25) is 4.96 Å². The minimum absolute atomic E-state index is 0.209. The number of hydrogen-bond acceptors (Lipinski definition) is 6. The highest BCUT2D eigenvalue weighted by Gasteiger charge is 2.10. The predicted molar refractivity (Wildman–Crippen MR) is 83.4 cm³/mol. The van der Waals surface area contributed by atoms with E-state index in [1.807, 2.05) is 18.2 Å². The van der Waals surface area contributed by atoms with Crippen LogP contribution in [0, 0.1) is 6.92 Å². The summed E-state index contributed by atoms with van der Waals surface area (Å²) in [6, 6.07) is 8.04. The Hall–Kier alpha value is -1.25. The molecule has 0 spiro atoms. The van der Waals surface area contributed by atoms with Crippen LogP contribution in [-0.2, 0) is 5.75 Å². The molecule has 0 saturated carbocycles. The fraction of sp³-hybridized carbons (Fsp3) is 0.167. The lowest BCUT2D eigenvalue weighted by Crippen LogP contribution is -2.19. The summed E-state index contributed by atoms with van der Waals surface area (Å²) in [5, 5.41) is 12.1. The van der Waals surface area contributed by atoms with E-state index in [-0.39, 0.29) is 5.56 Å². The van der Waals surface area contributed by atoms with Gasteiger partial charge < -0.3 is 0 Å². The van der Waals surface area contributed by atoms with Gasteiger partial charge in [-0.1, -0.05) is 57.2 Å². The summed E-state index contributed by atoms with van der Waals surface area (Å²) in [6.07, 6.45) is 0. The molecule has 0 saturated heterocycles. The van der Waals surface area contributed by atoms with Crippen LogP contribution in [0.4, 0.5) is 0 Å². The smallest absolute Gasteiger partial charge is 0.265 e. The van der Waals surface area contributed by atoms with Gasteiger partial charge in [0.1, 0.15) is 5.69 Å². The second kappa shape index (κ2) is 5.63. The lowest BCUT2D eigenvalue weighted by atomic mass is 10.2. The zero-order valence-electron chi connectivity index (χ0n) is 10.4. The van der Waals surface area contributed by atoms with Gasteiger partial charge in [-0.05, 0) is 18.6 Å². The maximum absolute atomic E-state index is 11.9. The maximum Gasteiger partial charge on any atom is 0.296 e. The van der Waals surface area contributed by atoms with Crippen LogP contribution >= 0.6 is 39.0 Å². The lowest BCUT2D eigenvalue weighted by Gasteiger charge is -2.00. The minimum atomic E-state index is -0.209. The van der Waals surface area contributed by atoms with Crippen LogP contribution in [0.3, 0.4) is 0 Å². The van der Waals surface area contributed by atoms with Crippen molar-refractivity contribution in [1.82, 2.24) is 19.8 Å². The number of aryl methyl sites for hydroxylation is 1. The van der Waals surface area contributed by atoms with Crippen molar-refractivity contribution in [2.75, 3.05) is 0 Å². The third-order valence-corrected chi connectivity index (χ3v) is 5.49. The quantitative estimate of drug-likeness (QED) is 0.665. The molecule has 0 atom stereocenters. The number of nitrogens with zero attached hydrogens (tertiary/aromatic N) is 4. The highest BCUT2D eigenvalue weighted by atomic mass is 79.9. The summed E-state index contributed by atoms with van der Waals surface area (Å²) in [6.45, 7) is 1.63. The molecule has 0 radical (unpaired) electrons. The van der Waals surface area contributed by atoms with Gasteiger partial charge in [-0.25, -0.2) is 0 Å². The maximum atomic E-state index is 11.9. The Bertz CT molecular complexity index is 830. The molecular weight excluding hydrogens is 360 g/mol. The van der Waals surface area contributed by atoms with Crippen molar-refractivity contribution in [1.29, 1.82) is 0 Å². The normalized spacial score (nSPS) is 11.1. The molecule has 0 fully saturated rings. The summed E-state index contributed by atoms with van der Waals surface area (Å²) >= 11 is 6.47. The standard InChI is InChI=1S/C12H9BrN4OS2/c1-7-10(18)17-11(15-14-7)20-12(16-17)19-6-8-4-2-3-5-9(8)13/h2-5H,6H2,1H3. The van der Waals surface area contributed by atoms with Crippen LogP contribution in [0.1, 0.15) is 11.3 Å². The average molecular weight is 369 g/mol. The third-order valence-electron chi connectivity index (χ3n) is 2.64. The fourth-order valence-electron chi connectivity index (χ4n) is 1.59. The molecule has 8 heteroatoms. The number of fused-ring (bicyclic) bond motifs is 1. The molecule has 0 unspecified atom stereocenters. The van der Waals surface area contributed by atoms with Crippen molar-refractivity contribution in [2.24, 2.45) is 0 Å². The Morgan fingerprint density at radius 3 is 2.95 bits per heavy atom. The van der Waals surface area contributed by atoms with Crippen molar-refractivity contribution in [2.45, 2.75) is 17.0 Å². The molecule has 5 nitrogen and oxygen atoms in total. The molecule has 0 aliphatic carbocycles. The summed E-state index contributed by atoms with van der Waals surface area (Å²) < 4.78 is 3.19. The van der Waals surface area contributed by atoms with Gasteiger partial charge in [-0.3, -0.25) is 4.79 Å². The molecule has 0 N–H and O–H groups in total. The van der Waals surface area contributed by atoms with E-state index in [4.69, 9.17) is 0 Å². The van der Waals surface area contributed by atoms with Crippen molar-refractivity contribution < 1.29 is 0 Å². The van der Waals surface area contributed by atoms with Crippen molar-refractivity contribution in [3.05, 3.63) is 50.3 Å². The number of thioether (sulfide) groups is 1. The first kappa shape index (κ1) is 13.7. The second-order valence-corrected chi connectivity index (χ2v) is 7.07. The molecule has 1 aromatic carbocycles. The third kappa shape index (κ3) is 2.63. The molecule has 102 valence electrons. The van der Waals surface area contributed by atoms with E-state index in [2.05, 4.69) is 37.3 Å². The van der Waals surface area contributed by atoms with Gasteiger partial charge >= 0.3 is 0 Å². The van der Waals surface area contributed by atoms with Crippen LogP contribution in [0.5, 0.6) is 0 Å². The van der Waals surface area contributed by atoms with Gasteiger partial charge in [0.15, 0.2) is 4.34 Å². The van der Waals surface area contributed by atoms with Gasteiger partial charge in [0, 0.05) is 10.2 Å². The van der Waals surface area contributed by atoms with E-state index in [1.54, 1.807) is 18.7 Å². The van der Waals surface area contributed by atoms with Crippen molar-refractivity contribution in [3.63, 3.8) is 0 Å². The molecule has 0 bridgehead atoms. The van der Waals surface area contributed by atoms with Crippen molar-refractivity contribution >= 4 is 44.0 Å². The highest BCUT2D eigenvalue weighted by Crippen LogP contribution is 2.29.